The smallest absolute Gasteiger partial charge is 0.235 e. The van der Waals surface area contributed by atoms with Crippen LogP contribution in [0.3, 0.4) is 0 Å². The fourth-order valence-corrected chi connectivity index (χ4v) is 4.43. The lowest BCUT2D eigenvalue weighted by molar-refractivity contribution is -0.170. The monoisotopic (exact) mass is 312 g/mol. The van der Waals surface area contributed by atoms with Crippen LogP contribution in [0.15, 0.2) is 9.98 Å². The van der Waals surface area contributed by atoms with Crippen molar-refractivity contribution in [2.45, 2.75) is 39.2 Å². The van der Waals surface area contributed by atoms with E-state index in [1.165, 1.54) is 12.2 Å². The Hall–Kier alpha value is -1.36. The number of nitrogens with zero attached hydrogens (tertiary/aromatic N) is 2. The van der Waals surface area contributed by atoms with Gasteiger partial charge in [-0.05, 0) is 18.3 Å². The SMILES string of the molecule is CC1(C)CC(C)(CN=C=O)C(CO)(CO)C(CO)(N=C=O)C1. The zero-order valence-corrected chi connectivity index (χ0v) is 13.3. The normalized spacial score (nSPS) is 32.6. The minimum Gasteiger partial charge on any atom is -0.396 e. The van der Waals surface area contributed by atoms with Crippen molar-refractivity contribution in [3.63, 3.8) is 0 Å². The molecule has 0 aliphatic heterocycles. The lowest BCUT2D eigenvalue weighted by atomic mass is 9.44. The van der Waals surface area contributed by atoms with Gasteiger partial charge < -0.3 is 15.3 Å². The maximum Gasteiger partial charge on any atom is 0.235 e. The number of isocyanates is 2. The molecular weight excluding hydrogens is 288 g/mol. The largest absolute Gasteiger partial charge is 0.396 e. The summed E-state index contributed by atoms with van der Waals surface area (Å²) in [4.78, 5) is 28.9. The maximum absolute atomic E-state index is 10.9. The highest BCUT2D eigenvalue weighted by atomic mass is 16.3. The van der Waals surface area contributed by atoms with E-state index in [1.54, 1.807) is 6.92 Å². The van der Waals surface area contributed by atoms with E-state index in [1.807, 2.05) is 13.8 Å². The van der Waals surface area contributed by atoms with Crippen LogP contribution in [0.25, 0.3) is 0 Å². The first-order valence-corrected chi connectivity index (χ1v) is 7.17. The van der Waals surface area contributed by atoms with Crippen LogP contribution in [0.4, 0.5) is 0 Å². The number of rotatable bonds is 6. The highest BCUT2D eigenvalue weighted by Crippen LogP contribution is 2.61. The van der Waals surface area contributed by atoms with E-state index in [2.05, 4.69) is 9.98 Å². The number of hydrogen-bond acceptors (Lipinski definition) is 7. The number of aliphatic hydroxyl groups is 3. The molecule has 0 saturated heterocycles. The van der Waals surface area contributed by atoms with Gasteiger partial charge in [-0.1, -0.05) is 20.8 Å². The third kappa shape index (κ3) is 2.67. The Morgan fingerprint density at radius 2 is 1.55 bits per heavy atom. The first-order chi connectivity index (χ1) is 10.2. The molecule has 0 bridgehead atoms. The lowest BCUT2D eigenvalue weighted by Gasteiger charge is -2.62. The second-order valence-corrected chi connectivity index (χ2v) is 7.28. The van der Waals surface area contributed by atoms with E-state index < -0.39 is 36.2 Å². The van der Waals surface area contributed by atoms with Crippen LogP contribution < -0.4 is 0 Å². The van der Waals surface area contributed by atoms with Crippen LogP contribution in [-0.4, -0.2) is 59.4 Å². The molecule has 1 aliphatic rings. The van der Waals surface area contributed by atoms with E-state index in [0.717, 1.165) is 0 Å². The third-order valence-electron chi connectivity index (χ3n) is 5.24. The molecule has 0 aromatic heterocycles. The molecule has 7 nitrogen and oxygen atoms in total. The predicted octanol–water partition coefficient (Wildman–Crippen LogP) is 0.186. The Bertz CT molecular complexity index is 504. The topological polar surface area (TPSA) is 120 Å². The van der Waals surface area contributed by atoms with Gasteiger partial charge in [-0.15, -0.1) is 0 Å². The minimum atomic E-state index is -1.38. The van der Waals surface area contributed by atoms with Crippen LogP contribution >= 0.6 is 0 Å². The molecule has 1 fully saturated rings. The summed E-state index contributed by atoms with van der Waals surface area (Å²) in [6.07, 6.45) is 3.77. The quantitative estimate of drug-likeness (QED) is 0.477. The highest BCUT2D eigenvalue weighted by Gasteiger charge is 2.66. The maximum atomic E-state index is 10.9. The van der Waals surface area contributed by atoms with Gasteiger partial charge in [0.25, 0.3) is 0 Å². The summed E-state index contributed by atoms with van der Waals surface area (Å²) in [5.41, 5.74) is -3.88. The Balaban J connectivity index is 3.66. The highest BCUT2D eigenvalue weighted by molar-refractivity contribution is 5.38. The van der Waals surface area contributed by atoms with Gasteiger partial charge in [-0.25, -0.2) is 14.6 Å². The van der Waals surface area contributed by atoms with Crippen LogP contribution in [0.1, 0.15) is 33.6 Å². The predicted molar refractivity (Wildman–Crippen MR) is 78.7 cm³/mol. The van der Waals surface area contributed by atoms with Gasteiger partial charge in [0.05, 0.1) is 31.8 Å². The summed E-state index contributed by atoms with van der Waals surface area (Å²) in [5, 5.41) is 30.0. The summed E-state index contributed by atoms with van der Waals surface area (Å²) in [5.74, 6) is 0. The molecule has 2 atom stereocenters. The summed E-state index contributed by atoms with van der Waals surface area (Å²) in [6.45, 7) is 4.14. The molecule has 0 radical (unpaired) electrons. The van der Waals surface area contributed by atoms with Crippen molar-refractivity contribution < 1.29 is 24.9 Å². The van der Waals surface area contributed by atoms with E-state index in [9.17, 15) is 24.9 Å². The zero-order valence-electron chi connectivity index (χ0n) is 13.3. The molecule has 7 heteroatoms. The summed E-state index contributed by atoms with van der Waals surface area (Å²) >= 11 is 0. The number of carbonyl (C=O) groups excluding carboxylic acids is 2. The fraction of sp³-hybridized carbons (Fsp3) is 0.867. The first-order valence-electron chi connectivity index (χ1n) is 7.17. The Morgan fingerprint density at radius 1 is 0.955 bits per heavy atom. The van der Waals surface area contributed by atoms with Gasteiger partial charge in [0, 0.05) is 5.41 Å². The molecule has 2 unspecified atom stereocenters. The molecule has 1 saturated carbocycles. The first kappa shape index (κ1) is 18.7. The summed E-state index contributed by atoms with van der Waals surface area (Å²) in [7, 11) is 0. The van der Waals surface area contributed by atoms with E-state index in [4.69, 9.17) is 0 Å². The van der Waals surface area contributed by atoms with Gasteiger partial charge >= 0.3 is 0 Å². The van der Waals surface area contributed by atoms with Crippen molar-refractivity contribution in [1.82, 2.24) is 0 Å². The van der Waals surface area contributed by atoms with Crippen molar-refractivity contribution in [1.29, 1.82) is 0 Å². The molecular formula is C15H24N2O5. The van der Waals surface area contributed by atoms with Crippen molar-refractivity contribution >= 4 is 12.2 Å². The van der Waals surface area contributed by atoms with Crippen LogP contribution in [0.5, 0.6) is 0 Å². The fourth-order valence-electron chi connectivity index (χ4n) is 4.43. The molecule has 3 N–H and O–H groups in total. The molecule has 1 aliphatic carbocycles. The van der Waals surface area contributed by atoms with Crippen molar-refractivity contribution in [2.75, 3.05) is 26.4 Å². The summed E-state index contributed by atoms with van der Waals surface area (Å²) in [6, 6.07) is 0. The Morgan fingerprint density at radius 3 is 1.95 bits per heavy atom. The average molecular weight is 312 g/mol. The zero-order chi connectivity index (χ0) is 17.1. The average Bonchev–Trinajstić information content (AvgIpc) is 2.45. The summed E-state index contributed by atoms with van der Waals surface area (Å²) < 4.78 is 0. The number of hydrogen-bond donors (Lipinski definition) is 3. The van der Waals surface area contributed by atoms with Gasteiger partial charge in [-0.3, -0.25) is 0 Å². The molecule has 0 spiro atoms. The molecule has 22 heavy (non-hydrogen) atoms. The molecule has 0 heterocycles. The molecule has 0 amide bonds. The lowest BCUT2D eigenvalue weighted by Crippen LogP contribution is -2.68. The second kappa shape index (κ2) is 6.41. The molecule has 0 aromatic rings. The minimum absolute atomic E-state index is 0.0111. The van der Waals surface area contributed by atoms with Gasteiger partial charge in [0.15, 0.2) is 0 Å². The Kier molecular flexibility index (Phi) is 5.44. The van der Waals surface area contributed by atoms with Gasteiger partial charge in [-0.2, -0.15) is 4.99 Å². The number of aliphatic hydroxyl groups excluding tert-OH is 3. The van der Waals surface area contributed by atoms with E-state index in [-0.39, 0.29) is 12.0 Å². The van der Waals surface area contributed by atoms with Crippen molar-refractivity contribution in [3.05, 3.63) is 0 Å². The molecule has 124 valence electrons. The second-order valence-electron chi connectivity index (χ2n) is 7.28. The van der Waals surface area contributed by atoms with E-state index in [0.29, 0.717) is 12.8 Å². The number of aliphatic imine (C=N–C) groups is 2. The van der Waals surface area contributed by atoms with E-state index >= 15 is 0 Å². The molecule has 0 aromatic carbocycles. The van der Waals surface area contributed by atoms with Crippen LogP contribution in [-0.2, 0) is 9.59 Å². The van der Waals surface area contributed by atoms with Crippen molar-refractivity contribution in [3.8, 4) is 0 Å². The van der Waals surface area contributed by atoms with Gasteiger partial charge in [0.2, 0.25) is 12.2 Å². The van der Waals surface area contributed by atoms with Crippen LogP contribution in [0, 0.1) is 16.2 Å². The van der Waals surface area contributed by atoms with Crippen molar-refractivity contribution in [2.24, 2.45) is 26.2 Å². The van der Waals surface area contributed by atoms with Gasteiger partial charge in [0.1, 0.15) is 5.54 Å². The van der Waals surface area contributed by atoms with Crippen LogP contribution in [0.2, 0.25) is 0 Å². The molecule has 1 rings (SSSR count). The third-order valence-corrected chi connectivity index (χ3v) is 5.24. The Labute approximate surface area is 129 Å². The standard InChI is InChI=1S/C15H24N2O5/c1-12(2)4-13(3,6-16-10-21)14(7-18,8-19)15(5-12,9-20)17-11-22/h18-20H,4-9H2,1-3H3.